The van der Waals surface area contributed by atoms with Gasteiger partial charge in [0, 0.05) is 25.5 Å². The van der Waals surface area contributed by atoms with E-state index in [4.69, 9.17) is 5.11 Å². The molecule has 1 aromatic heterocycles. The maximum Gasteiger partial charge on any atom is 0.308 e. The standard InChI is InChI=1S/C12H14N2O3/c15-11(9-3-1-5-13-7-9)14-6-2-4-10(8-14)12(16)17/h1,3,5,7,10H,2,4,6,8H2,(H,16,17)/t10-/m1/s1. The minimum absolute atomic E-state index is 0.135. The Bertz CT molecular complexity index is 419. The van der Waals surface area contributed by atoms with E-state index in [9.17, 15) is 9.59 Å². The monoisotopic (exact) mass is 234 g/mol. The summed E-state index contributed by atoms with van der Waals surface area (Å²) >= 11 is 0. The Hall–Kier alpha value is -1.91. The third-order valence-corrected chi connectivity index (χ3v) is 2.97. The lowest BCUT2D eigenvalue weighted by Crippen LogP contribution is -2.42. The van der Waals surface area contributed by atoms with Crippen LogP contribution in [0.5, 0.6) is 0 Å². The van der Waals surface area contributed by atoms with E-state index in [1.165, 1.54) is 6.20 Å². The van der Waals surface area contributed by atoms with Crippen molar-refractivity contribution in [3.05, 3.63) is 30.1 Å². The topological polar surface area (TPSA) is 70.5 Å². The summed E-state index contributed by atoms with van der Waals surface area (Å²) in [7, 11) is 0. The molecule has 1 amide bonds. The Morgan fingerprint density at radius 1 is 1.47 bits per heavy atom. The number of nitrogens with zero attached hydrogens (tertiary/aromatic N) is 2. The number of aliphatic carboxylic acids is 1. The number of pyridine rings is 1. The highest BCUT2D eigenvalue weighted by atomic mass is 16.4. The van der Waals surface area contributed by atoms with Gasteiger partial charge in [-0.25, -0.2) is 0 Å². The Balaban J connectivity index is 2.07. The maximum absolute atomic E-state index is 12.1. The van der Waals surface area contributed by atoms with Crippen molar-refractivity contribution in [2.45, 2.75) is 12.8 Å². The summed E-state index contributed by atoms with van der Waals surface area (Å²) in [5, 5.41) is 8.96. The fourth-order valence-corrected chi connectivity index (χ4v) is 2.04. The summed E-state index contributed by atoms with van der Waals surface area (Å²) in [6.45, 7) is 0.917. The molecule has 17 heavy (non-hydrogen) atoms. The first kappa shape index (κ1) is 11.6. The SMILES string of the molecule is O=C(O)[C@@H]1CCCN(C(=O)c2cccnc2)C1. The van der Waals surface area contributed by atoms with E-state index in [1.54, 1.807) is 23.2 Å². The molecule has 0 unspecified atom stereocenters. The third kappa shape index (κ3) is 2.61. The van der Waals surface area contributed by atoms with Gasteiger partial charge in [-0.1, -0.05) is 0 Å². The molecule has 0 aromatic carbocycles. The molecule has 0 bridgehead atoms. The zero-order valence-corrected chi connectivity index (χ0v) is 9.37. The lowest BCUT2D eigenvalue weighted by atomic mass is 9.98. The van der Waals surface area contributed by atoms with E-state index in [2.05, 4.69) is 4.98 Å². The van der Waals surface area contributed by atoms with Crippen LogP contribution in [-0.2, 0) is 4.79 Å². The second kappa shape index (κ2) is 4.95. The molecule has 5 heteroatoms. The molecule has 1 aromatic rings. The van der Waals surface area contributed by atoms with Gasteiger partial charge in [0.15, 0.2) is 0 Å². The van der Waals surface area contributed by atoms with Crippen LogP contribution in [0.4, 0.5) is 0 Å². The van der Waals surface area contributed by atoms with E-state index >= 15 is 0 Å². The molecule has 1 saturated heterocycles. The van der Waals surface area contributed by atoms with Gasteiger partial charge in [0.25, 0.3) is 5.91 Å². The number of likely N-dealkylation sites (tertiary alicyclic amines) is 1. The Morgan fingerprint density at radius 3 is 2.94 bits per heavy atom. The molecule has 2 heterocycles. The van der Waals surface area contributed by atoms with Gasteiger partial charge in [0.2, 0.25) is 0 Å². The van der Waals surface area contributed by atoms with Crippen LogP contribution >= 0.6 is 0 Å². The first-order valence-corrected chi connectivity index (χ1v) is 5.60. The summed E-state index contributed by atoms with van der Waals surface area (Å²) < 4.78 is 0. The molecule has 0 aliphatic carbocycles. The zero-order chi connectivity index (χ0) is 12.3. The molecule has 1 aliphatic rings. The van der Waals surface area contributed by atoms with Gasteiger partial charge in [0.05, 0.1) is 11.5 Å². The van der Waals surface area contributed by atoms with Crippen molar-refractivity contribution in [2.24, 2.45) is 5.92 Å². The Labute approximate surface area is 99.1 Å². The Kier molecular flexibility index (Phi) is 3.37. The summed E-state index contributed by atoms with van der Waals surface area (Å²) in [4.78, 5) is 28.5. The van der Waals surface area contributed by atoms with Crippen molar-refractivity contribution in [1.29, 1.82) is 0 Å². The minimum Gasteiger partial charge on any atom is -0.481 e. The van der Waals surface area contributed by atoms with E-state index in [0.717, 1.165) is 6.42 Å². The molecule has 0 saturated carbocycles. The summed E-state index contributed by atoms with van der Waals surface area (Å²) in [5.41, 5.74) is 0.513. The van der Waals surface area contributed by atoms with E-state index in [1.807, 2.05) is 0 Å². The van der Waals surface area contributed by atoms with Crippen LogP contribution in [0.15, 0.2) is 24.5 Å². The fourth-order valence-electron chi connectivity index (χ4n) is 2.04. The first-order chi connectivity index (χ1) is 8.18. The predicted octanol–water partition coefficient (Wildman–Crippen LogP) is 1.02. The van der Waals surface area contributed by atoms with Gasteiger partial charge >= 0.3 is 5.97 Å². The van der Waals surface area contributed by atoms with E-state index in [-0.39, 0.29) is 5.91 Å². The van der Waals surface area contributed by atoms with Gasteiger partial charge in [-0.3, -0.25) is 14.6 Å². The quantitative estimate of drug-likeness (QED) is 0.829. The van der Waals surface area contributed by atoms with Crippen LogP contribution < -0.4 is 0 Å². The molecule has 90 valence electrons. The lowest BCUT2D eigenvalue weighted by Gasteiger charge is -2.30. The number of aromatic nitrogens is 1. The van der Waals surface area contributed by atoms with Crippen LogP contribution in [-0.4, -0.2) is 40.0 Å². The maximum atomic E-state index is 12.1. The smallest absolute Gasteiger partial charge is 0.308 e. The van der Waals surface area contributed by atoms with Crippen molar-refractivity contribution in [1.82, 2.24) is 9.88 Å². The molecule has 5 nitrogen and oxygen atoms in total. The lowest BCUT2D eigenvalue weighted by molar-refractivity contribution is -0.143. The number of amides is 1. The van der Waals surface area contributed by atoms with Crippen molar-refractivity contribution in [3.63, 3.8) is 0 Å². The van der Waals surface area contributed by atoms with Crippen LogP contribution in [0.1, 0.15) is 23.2 Å². The number of piperidine rings is 1. The van der Waals surface area contributed by atoms with Gasteiger partial charge in [-0.15, -0.1) is 0 Å². The van der Waals surface area contributed by atoms with Crippen LogP contribution in [0.3, 0.4) is 0 Å². The number of rotatable bonds is 2. The highest BCUT2D eigenvalue weighted by Gasteiger charge is 2.28. The van der Waals surface area contributed by atoms with Crippen LogP contribution in [0.2, 0.25) is 0 Å². The molecule has 1 fully saturated rings. The summed E-state index contributed by atoms with van der Waals surface area (Å²) in [6, 6.07) is 3.39. The van der Waals surface area contributed by atoms with Crippen LogP contribution in [0.25, 0.3) is 0 Å². The molecule has 2 rings (SSSR count). The van der Waals surface area contributed by atoms with Gasteiger partial charge in [-0.05, 0) is 25.0 Å². The normalized spacial score (nSPS) is 20.0. The number of carbonyl (C=O) groups is 2. The third-order valence-electron chi connectivity index (χ3n) is 2.97. The molecule has 0 radical (unpaired) electrons. The molecule has 0 spiro atoms. The number of hydrogen-bond acceptors (Lipinski definition) is 3. The fraction of sp³-hybridized carbons (Fsp3) is 0.417. The zero-order valence-electron chi connectivity index (χ0n) is 9.37. The van der Waals surface area contributed by atoms with Gasteiger partial charge in [-0.2, -0.15) is 0 Å². The van der Waals surface area contributed by atoms with Gasteiger partial charge in [0.1, 0.15) is 0 Å². The van der Waals surface area contributed by atoms with Crippen molar-refractivity contribution in [2.75, 3.05) is 13.1 Å². The number of hydrogen-bond donors (Lipinski definition) is 1. The van der Waals surface area contributed by atoms with Crippen molar-refractivity contribution in [3.8, 4) is 0 Å². The molecule has 1 N–H and O–H groups in total. The minimum atomic E-state index is -0.825. The number of carboxylic acids is 1. The van der Waals surface area contributed by atoms with Crippen molar-refractivity contribution < 1.29 is 14.7 Å². The molecular formula is C12H14N2O3. The first-order valence-electron chi connectivity index (χ1n) is 5.60. The predicted molar refractivity (Wildman–Crippen MR) is 60.5 cm³/mol. The largest absolute Gasteiger partial charge is 0.481 e. The van der Waals surface area contributed by atoms with E-state index in [0.29, 0.717) is 25.1 Å². The highest BCUT2D eigenvalue weighted by molar-refractivity contribution is 5.94. The summed E-state index contributed by atoms with van der Waals surface area (Å²) in [5.74, 6) is -1.40. The second-order valence-corrected chi connectivity index (χ2v) is 4.17. The molecule has 1 aliphatic heterocycles. The van der Waals surface area contributed by atoms with E-state index < -0.39 is 11.9 Å². The average molecular weight is 234 g/mol. The highest BCUT2D eigenvalue weighted by Crippen LogP contribution is 2.18. The molecular weight excluding hydrogens is 220 g/mol. The average Bonchev–Trinajstić information content (AvgIpc) is 2.39. The second-order valence-electron chi connectivity index (χ2n) is 4.17. The Morgan fingerprint density at radius 2 is 2.29 bits per heavy atom. The van der Waals surface area contributed by atoms with Crippen molar-refractivity contribution >= 4 is 11.9 Å². The molecule has 1 atom stereocenters. The van der Waals surface area contributed by atoms with Crippen LogP contribution in [0, 0.1) is 5.92 Å². The number of carbonyl (C=O) groups excluding carboxylic acids is 1. The number of carboxylic acid groups (broad SMARTS) is 1. The summed E-state index contributed by atoms with van der Waals surface area (Å²) in [6.07, 6.45) is 4.49. The van der Waals surface area contributed by atoms with Gasteiger partial charge < -0.3 is 10.0 Å².